The maximum atomic E-state index is 17.7. The van der Waals surface area contributed by atoms with Crippen LogP contribution in [0.15, 0.2) is 78.9 Å². The normalized spacial score (nSPS) is 17.0. The number of hydrogen-bond donors (Lipinski definition) is 0. The van der Waals surface area contributed by atoms with E-state index in [2.05, 4.69) is 0 Å². The SMILES string of the molecule is CCCCCCOc1c2c(cc3c1C(OCCCCCC)(c1c(F)c(F)c(F)c(F)c1F)c1cc4c(cc1-3)C(c1c(F)c(F)c(F)c(F)c1F)c1ccccc1-4)C(c1c(F)c(F)c(F)c(F)c1F)c1cc3c(cc1-2)C(c1c(F)c(F)c(F)c(F)c1F)c1ccccc1-3. The second-order valence-electron chi connectivity index (χ2n) is 23.0. The van der Waals surface area contributed by atoms with Crippen molar-refractivity contribution in [3.63, 3.8) is 0 Å². The van der Waals surface area contributed by atoms with Gasteiger partial charge >= 0.3 is 0 Å². The van der Waals surface area contributed by atoms with Crippen molar-refractivity contribution in [2.75, 3.05) is 13.2 Å². The number of rotatable bonds is 16. The molecule has 0 N–H and O–H groups in total. The summed E-state index contributed by atoms with van der Waals surface area (Å²) in [4.78, 5) is 0. The Morgan fingerprint density at radius 2 is 0.652 bits per heavy atom. The standard InChI is InChI=1S/C70H42F20O2/c1-3-5-7-13-19-91-69-43-36-23-34-30(26-15-9-11-17-28(26)41(34)45-51(73)59(81)66(88)60(82)52(45)74)21-35(36)42(46-53(75)61(83)67(89)62(84)54(46)76)38(43)24-37-32-22-33-31(27-16-10-12-18-29(27)40(33)44-49(71)57(79)65(87)58(80)50(44)72)25-39(32)70(47(37)69,92-20-14-8-6-4-2)48-55(77)63(85)68(90)64(86)56(48)78/h9-12,15-18,21-25,40-42H,3-8,13-14,19-20H2,1-2H3. The Balaban J connectivity index is 1.23. The van der Waals surface area contributed by atoms with Crippen LogP contribution in [0.25, 0.3) is 44.5 Å². The Kier molecular flexibility index (Phi) is 15.5. The summed E-state index contributed by atoms with van der Waals surface area (Å²) in [6.45, 7) is 2.48. The largest absolute Gasteiger partial charge is 0.492 e. The van der Waals surface area contributed by atoms with Crippen LogP contribution >= 0.6 is 0 Å². The summed E-state index contributed by atoms with van der Waals surface area (Å²) < 4.78 is 336. The van der Waals surface area contributed by atoms with E-state index in [1.165, 1.54) is 48.5 Å². The fourth-order valence-electron chi connectivity index (χ4n) is 14.1. The summed E-state index contributed by atoms with van der Waals surface area (Å²) in [5, 5.41) is 0. The summed E-state index contributed by atoms with van der Waals surface area (Å²) in [7, 11) is 0. The molecule has 22 heteroatoms. The number of hydrogen-bond acceptors (Lipinski definition) is 2. The van der Waals surface area contributed by atoms with E-state index < -0.39 is 225 Å². The van der Waals surface area contributed by atoms with Crippen LogP contribution in [-0.4, -0.2) is 13.2 Å². The molecule has 2 nitrogen and oxygen atoms in total. The smallest absolute Gasteiger partial charge is 0.200 e. The molecule has 92 heavy (non-hydrogen) atoms. The molecule has 13 rings (SSSR count). The molecule has 9 aromatic rings. The van der Waals surface area contributed by atoms with Crippen LogP contribution in [0.2, 0.25) is 0 Å². The molecule has 9 aromatic carbocycles. The van der Waals surface area contributed by atoms with Crippen LogP contribution < -0.4 is 4.74 Å². The topological polar surface area (TPSA) is 18.5 Å². The minimum atomic E-state index is -3.28. The average Bonchev–Trinajstić information content (AvgIpc) is 1.50. The summed E-state index contributed by atoms with van der Waals surface area (Å²) in [5.41, 5.74) is -15.2. The lowest BCUT2D eigenvalue weighted by Crippen LogP contribution is -2.35. The lowest BCUT2D eigenvalue weighted by molar-refractivity contribution is 0.00589. The van der Waals surface area contributed by atoms with E-state index >= 15 is 79.0 Å². The minimum Gasteiger partial charge on any atom is -0.492 e. The van der Waals surface area contributed by atoms with Gasteiger partial charge in [0, 0.05) is 57.7 Å². The van der Waals surface area contributed by atoms with E-state index in [9.17, 15) is 8.78 Å². The minimum absolute atomic E-state index is 0.0184. The predicted octanol–water partition coefficient (Wildman–Crippen LogP) is 20.8. The third-order valence-corrected chi connectivity index (χ3v) is 18.1. The summed E-state index contributed by atoms with van der Waals surface area (Å²) in [6.07, 6.45) is 2.79. The molecule has 0 aromatic heterocycles. The summed E-state index contributed by atoms with van der Waals surface area (Å²) >= 11 is 0. The molecular formula is C70H42F20O2. The zero-order valence-corrected chi connectivity index (χ0v) is 47.7. The van der Waals surface area contributed by atoms with Crippen molar-refractivity contribution < 1.29 is 97.3 Å². The number of fused-ring (bicyclic) bond motifs is 12. The second-order valence-corrected chi connectivity index (χ2v) is 23.0. The molecule has 0 fully saturated rings. The first-order valence-electron chi connectivity index (χ1n) is 29.1. The first-order chi connectivity index (χ1) is 44.0. The molecule has 474 valence electrons. The second kappa shape index (κ2) is 22.9. The van der Waals surface area contributed by atoms with Gasteiger partial charge in [-0.2, -0.15) is 0 Å². The van der Waals surface area contributed by atoms with Gasteiger partial charge < -0.3 is 9.47 Å². The lowest BCUT2D eigenvalue weighted by atomic mass is 9.79. The van der Waals surface area contributed by atoms with Gasteiger partial charge in [0.25, 0.3) is 0 Å². The van der Waals surface area contributed by atoms with Gasteiger partial charge in [-0.25, -0.2) is 87.8 Å². The Hall–Kier alpha value is -8.66. The molecule has 0 saturated heterocycles. The molecule has 0 bridgehead atoms. The highest BCUT2D eigenvalue weighted by atomic mass is 19.2. The zero-order chi connectivity index (χ0) is 65.6. The Morgan fingerprint density at radius 3 is 1.10 bits per heavy atom. The van der Waals surface area contributed by atoms with Crippen molar-refractivity contribution in [3.8, 4) is 50.3 Å². The van der Waals surface area contributed by atoms with Gasteiger partial charge in [0.2, 0.25) is 23.3 Å². The summed E-state index contributed by atoms with van der Waals surface area (Å²) in [5.74, 6) is -56.1. The van der Waals surface area contributed by atoms with Crippen LogP contribution in [0.5, 0.6) is 5.75 Å². The van der Waals surface area contributed by atoms with Crippen LogP contribution in [0.1, 0.15) is 150 Å². The molecule has 4 aliphatic carbocycles. The zero-order valence-electron chi connectivity index (χ0n) is 47.7. The monoisotopic (exact) mass is 1290 g/mol. The van der Waals surface area contributed by atoms with Gasteiger partial charge in [-0.05, 0) is 115 Å². The highest BCUT2D eigenvalue weighted by Crippen LogP contribution is 2.67. The molecule has 0 amide bonds. The van der Waals surface area contributed by atoms with Gasteiger partial charge in [-0.1, -0.05) is 101 Å². The molecule has 0 radical (unpaired) electrons. The van der Waals surface area contributed by atoms with Crippen molar-refractivity contribution in [2.24, 2.45) is 0 Å². The van der Waals surface area contributed by atoms with Crippen LogP contribution in [0, 0.1) is 116 Å². The molecule has 0 heterocycles. The summed E-state index contributed by atoms with van der Waals surface area (Å²) in [6, 6.07) is 15.7. The molecule has 0 aliphatic heterocycles. The van der Waals surface area contributed by atoms with Gasteiger partial charge in [0.1, 0.15) is 5.75 Å². The van der Waals surface area contributed by atoms with Crippen molar-refractivity contribution in [1.29, 1.82) is 0 Å². The van der Waals surface area contributed by atoms with E-state index in [1.54, 1.807) is 6.92 Å². The Morgan fingerprint density at radius 1 is 0.304 bits per heavy atom. The van der Waals surface area contributed by atoms with Crippen molar-refractivity contribution in [3.05, 3.63) is 262 Å². The van der Waals surface area contributed by atoms with E-state index in [0.29, 0.717) is 32.1 Å². The number of benzene rings is 9. The van der Waals surface area contributed by atoms with E-state index in [1.807, 2.05) is 6.92 Å². The molecule has 4 unspecified atom stereocenters. The molecule has 0 spiro atoms. The quantitative estimate of drug-likeness (QED) is 0.0415. The fraction of sp³-hybridized carbons (Fsp3) is 0.229. The van der Waals surface area contributed by atoms with Crippen LogP contribution in [0.4, 0.5) is 87.8 Å². The highest BCUT2D eigenvalue weighted by molar-refractivity contribution is 5.99. The number of ether oxygens (including phenoxy) is 2. The van der Waals surface area contributed by atoms with Gasteiger partial charge in [-0.3, -0.25) is 0 Å². The fourth-order valence-corrected chi connectivity index (χ4v) is 14.1. The van der Waals surface area contributed by atoms with E-state index in [4.69, 9.17) is 9.47 Å². The highest BCUT2D eigenvalue weighted by Gasteiger charge is 2.57. The predicted molar refractivity (Wildman–Crippen MR) is 296 cm³/mol. The van der Waals surface area contributed by atoms with Crippen LogP contribution in [-0.2, 0) is 10.3 Å². The maximum Gasteiger partial charge on any atom is 0.200 e. The molecule has 0 saturated carbocycles. The first kappa shape index (κ1) is 62.2. The molecule has 4 aliphatic rings. The van der Waals surface area contributed by atoms with Gasteiger partial charge in [0.05, 0.1) is 12.2 Å². The van der Waals surface area contributed by atoms with Crippen molar-refractivity contribution in [1.82, 2.24) is 0 Å². The number of halogens is 20. The lowest BCUT2D eigenvalue weighted by Gasteiger charge is -2.35. The van der Waals surface area contributed by atoms with Crippen LogP contribution in [0.3, 0.4) is 0 Å². The Labute approximate surface area is 509 Å². The average molecular weight is 1300 g/mol. The van der Waals surface area contributed by atoms with Crippen molar-refractivity contribution in [2.45, 2.75) is 88.6 Å². The van der Waals surface area contributed by atoms with Gasteiger partial charge in [0.15, 0.2) is 98.7 Å². The Bertz CT molecular complexity index is 4560. The molecular weight excluding hydrogens is 1250 g/mol. The third-order valence-electron chi connectivity index (χ3n) is 18.1. The van der Waals surface area contributed by atoms with Crippen molar-refractivity contribution >= 4 is 0 Å². The van der Waals surface area contributed by atoms with Gasteiger partial charge in [-0.15, -0.1) is 0 Å². The first-order valence-corrected chi connectivity index (χ1v) is 29.1. The third kappa shape index (κ3) is 8.65. The number of unbranched alkanes of at least 4 members (excludes halogenated alkanes) is 6. The van der Waals surface area contributed by atoms with E-state index in [0.717, 1.165) is 30.3 Å². The molecule has 4 atom stereocenters. The van der Waals surface area contributed by atoms with E-state index in [-0.39, 0.29) is 63.8 Å². The maximum absolute atomic E-state index is 17.7.